The number of hydrogen-bond acceptors (Lipinski definition) is 5. The van der Waals surface area contributed by atoms with Crippen molar-refractivity contribution < 1.29 is 19.1 Å². The third-order valence-corrected chi connectivity index (χ3v) is 3.65. The summed E-state index contributed by atoms with van der Waals surface area (Å²) in [5, 5.41) is 0.217. The van der Waals surface area contributed by atoms with Gasteiger partial charge >= 0.3 is 0 Å². The predicted octanol–water partition coefficient (Wildman–Crippen LogP) is 2.48. The molecule has 0 unspecified atom stereocenters. The Hall–Kier alpha value is -2.51. The second-order valence-corrected chi connectivity index (χ2v) is 5.27. The molecule has 1 heterocycles. The molecule has 9 heteroatoms. The Morgan fingerprint density at radius 2 is 1.46 bits per heavy atom. The predicted molar refractivity (Wildman–Crippen MR) is 88.7 cm³/mol. The third kappa shape index (κ3) is 4.27. The van der Waals surface area contributed by atoms with Crippen LogP contribution in [0.4, 0.5) is 0 Å². The van der Waals surface area contributed by atoms with Gasteiger partial charge in [-0.3, -0.25) is 20.4 Å². The first-order valence-electron chi connectivity index (χ1n) is 6.59. The van der Waals surface area contributed by atoms with E-state index in [0.717, 1.165) is 0 Å². The molecule has 24 heavy (non-hydrogen) atoms. The molecular formula is C15H13Cl2N3O4. The number of carbonyl (C=O) groups excluding carboxylic acids is 2. The molecule has 0 bridgehead atoms. The smallest absolute Gasteiger partial charge is 0.271 e. The Morgan fingerprint density at radius 1 is 0.917 bits per heavy atom. The van der Waals surface area contributed by atoms with E-state index in [1.165, 1.54) is 38.6 Å². The van der Waals surface area contributed by atoms with Crippen molar-refractivity contribution in [3.8, 4) is 11.5 Å². The summed E-state index contributed by atoms with van der Waals surface area (Å²) >= 11 is 11.5. The van der Waals surface area contributed by atoms with Gasteiger partial charge in [-0.2, -0.15) is 0 Å². The van der Waals surface area contributed by atoms with Crippen molar-refractivity contribution in [2.75, 3.05) is 14.2 Å². The highest BCUT2D eigenvalue weighted by molar-refractivity contribution is 6.41. The van der Waals surface area contributed by atoms with Crippen molar-refractivity contribution >= 4 is 35.0 Å². The summed E-state index contributed by atoms with van der Waals surface area (Å²) in [4.78, 5) is 27.9. The number of nitrogens with zero attached hydrogens (tertiary/aromatic N) is 1. The molecule has 1 aromatic carbocycles. The molecule has 2 N–H and O–H groups in total. The van der Waals surface area contributed by atoms with Crippen LogP contribution in [0, 0.1) is 0 Å². The molecule has 7 nitrogen and oxygen atoms in total. The van der Waals surface area contributed by atoms with Gasteiger partial charge in [0.2, 0.25) is 0 Å². The first kappa shape index (κ1) is 17.8. The molecule has 0 aliphatic carbocycles. The Labute approximate surface area is 147 Å². The van der Waals surface area contributed by atoms with Crippen LogP contribution in [0.15, 0.2) is 30.5 Å². The fourth-order valence-electron chi connectivity index (χ4n) is 1.74. The van der Waals surface area contributed by atoms with Gasteiger partial charge in [-0.1, -0.05) is 23.2 Å². The number of nitrogens with one attached hydrogen (secondary N) is 2. The van der Waals surface area contributed by atoms with E-state index in [0.29, 0.717) is 11.5 Å². The molecular weight excluding hydrogens is 357 g/mol. The maximum atomic E-state index is 12.1. The molecule has 2 aromatic rings. The molecule has 2 rings (SSSR count). The normalized spacial score (nSPS) is 10.0. The Kier molecular flexibility index (Phi) is 5.83. The zero-order valence-electron chi connectivity index (χ0n) is 12.7. The van der Waals surface area contributed by atoms with E-state index in [1.54, 1.807) is 6.07 Å². The lowest BCUT2D eigenvalue weighted by atomic mass is 10.2. The molecule has 0 spiro atoms. The van der Waals surface area contributed by atoms with E-state index < -0.39 is 11.8 Å². The van der Waals surface area contributed by atoms with Crippen molar-refractivity contribution in [3.05, 3.63) is 51.8 Å². The lowest BCUT2D eigenvalue weighted by Crippen LogP contribution is -2.41. The van der Waals surface area contributed by atoms with E-state index in [1.807, 2.05) is 0 Å². The van der Waals surface area contributed by atoms with Crippen LogP contribution in [0.2, 0.25) is 10.2 Å². The standard InChI is InChI=1S/C15H13Cl2N3O4/c1-23-10-3-8(4-11(6-10)24-2)14(21)19-20-15(22)9-5-12(16)13(17)18-7-9/h3-7H,1-2H3,(H,19,21)(H,20,22). The Balaban J connectivity index is 2.07. The number of carbonyl (C=O) groups is 2. The van der Waals surface area contributed by atoms with Crippen LogP contribution in [0.25, 0.3) is 0 Å². The van der Waals surface area contributed by atoms with Gasteiger partial charge < -0.3 is 9.47 Å². The largest absolute Gasteiger partial charge is 0.497 e. The van der Waals surface area contributed by atoms with Crippen molar-refractivity contribution in [2.45, 2.75) is 0 Å². The average Bonchev–Trinajstić information content (AvgIpc) is 2.60. The van der Waals surface area contributed by atoms with Gasteiger partial charge in [0.1, 0.15) is 16.7 Å². The van der Waals surface area contributed by atoms with Crippen LogP contribution < -0.4 is 20.3 Å². The summed E-state index contributed by atoms with van der Waals surface area (Å²) in [7, 11) is 2.94. The van der Waals surface area contributed by atoms with E-state index in [4.69, 9.17) is 32.7 Å². The number of rotatable bonds is 4. The second kappa shape index (κ2) is 7.85. The van der Waals surface area contributed by atoms with Crippen LogP contribution >= 0.6 is 23.2 Å². The van der Waals surface area contributed by atoms with Gasteiger partial charge in [-0.05, 0) is 18.2 Å². The monoisotopic (exact) mass is 369 g/mol. The van der Waals surface area contributed by atoms with E-state index >= 15 is 0 Å². The van der Waals surface area contributed by atoms with Crippen molar-refractivity contribution in [3.63, 3.8) is 0 Å². The summed E-state index contributed by atoms with van der Waals surface area (Å²) in [6.45, 7) is 0. The average molecular weight is 370 g/mol. The molecule has 0 radical (unpaired) electrons. The highest BCUT2D eigenvalue weighted by Crippen LogP contribution is 2.22. The topological polar surface area (TPSA) is 89.5 Å². The van der Waals surface area contributed by atoms with E-state index in [2.05, 4.69) is 15.8 Å². The van der Waals surface area contributed by atoms with E-state index in [-0.39, 0.29) is 21.3 Å². The quantitative estimate of drug-likeness (QED) is 0.638. The highest BCUT2D eigenvalue weighted by Gasteiger charge is 2.13. The summed E-state index contributed by atoms with van der Waals surface area (Å²) in [6, 6.07) is 5.97. The Morgan fingerprint density at radius 3 is 1.96 bits per heavy atom. The first-order chi connectivity index (χ1) is 11.4. The number of ether oxygens (including phenoxy) is 2. The summed E-state index contributed by atoms with van der Waals surface area (Å²) < 4.78 is 10.2. The van der Waals surface area contributed by atoms with Crippen molar-refractivity contribution in [2.24, 2.45) is 0 Å². The Bertz CT molecular complexity index is 761. The molecule has 0 aliphatic heterocycles. The zero-order valence-corrected chi connectivity index (χ0v) is 14.2. The number of aromatic nitrogens is 1. The van der Waals surface area contributed by atoms with Gasteiger partial charge in [-0.25, -0.2) is 4.98 Å². The maximum absolute atomic E-state index is 12.1. The molecule has 2 amide bonds. The third-order valence-electron chi connectivity index (χ3n) is 2.96. The molecule has 126 valence electrons. The minimum absolute atomic E-state index is 0.0840. The zero-order chi connectivity index (χ0) is 17.7. The number of halogens is 2. The number of pyridine rings is 1. The van der Waals surface area contributed by atoms with Crippen molar-refractivity contribution in [1.82, 2.24) is 15.8 Å². The van der Waals surface area contributed by atoms with Gasteiger partial charge in [-0.15, -0.1) is 0 Å². The molecule has 1 aromatic heterocycles. The molecule has 0 saturated heterocycles. The number of methoxy groups -OCH3 is 2. The van der Waals surface area contributed by atoms with Gasteiger partial charge in [0.25, 0.3) is 11.8 Å². The highest BCUT2D eigenvalue weighted by atomic mass is 35.5. The molecule has 0 fully saturated rings. The summed E-state index contributed by atoms with van der Waals surface area (Å²) in [6.07, 6.45) is 1.24. The lowest BCUT2D eigenvalue weighted by Gasteiger charge is -2.10. The van der Waals surface area contributed by atoms with Crippen LogP contribution in [0.1, 0.15) is 20.7 Å². The maximum Gasteiger partial charge on any atom is 0.271 e. The van der Waals surface area contributed by atoms with E-state index in [9.17, 15) is 9.59 Å². The van der Waals surface area contributed by atoms with Crippen LogP contribution in [0.3, 0.4) is 0 Å². The van der Waals surface area contributed by atoms with Gasteiger partial charge in [0.15, 0.2) is 0 Å². The number of benzene rings is 1. The fraction of sp³-hybridized carbons (Fsp3) is 0.133. The van der Waals surface area contributed by atoms with Crippen LogP contribution in [-0.4, -0.2) is 31.0 Å². The van der Waals surface area contributed by atoms with Gasteiger partial charge in [0, 0.05) is 17.8 Å². The van der Waals surface area contributed by atoms with Crippen LogP contribution in [0.5, 0.6) is 11.5 Å². The summed E-state index contributed by atoms with van der Waals surface area (Å²) in [5.41, 5.74) is 4.93. The molecule has 0 atom stereocenters. The SMILES string of the molecule is COc1cc(OC)cc(C(=O)NNC(=O)c2cnc(Cl)c(Cl)c2)c1. The van der Waals surface area contributed by atoms with Gasteiger partial charge in [0.05, 0.1) is 24.8 Å². The molecule has 0 aliphatic rings. The fourth-order valence-corrected chi connectivity index (χ4v) is 2.01. The van der Waals surface area contributed by atoms with Crippen molar-refractivity contribution in [1.29, 1.82) is 0 Å². The lowest BCUT2D eigenvalue weighted by molar-refractivity contribution is 0.0846. The number of hydrazine groups is 1. The molecule has 0 saturated carbocycles. The minimum atomic E-state index is -0.593. The second-order valence-electron chi connectivity index (χ2n) is 4.51. The number of amides is 2. The van der Waals surface area contributed by atoms with Crippen LogP contribution in [-0.2, 0) is 0 Å². The number of hydrogen-bond donors (Lipinski definition) is 2. The summed E-state index contributed by atoms with van der Waals surface area (Å²) in [5.74, 6) is -0.253. The first-order valence-corrected chi connectivity index (χ1v) is 7.35. The minimum Gasteiger partial charge on any atom is -0.497 e.